The van der Waals surface area contributed by atoms with Crippen LogP contribution in [0.2, 0.25) is 0 Å². The molecule has 4 atom stereocenters. The number of hydrogen-bond donors (Lipinski definition) is 2. The van der Waals surface area contributed by atoms with Crippen LogP contribution in [0.15, 0.2) is 60.7 Å². The standard InChI is InChI=1S/C28H29N3O4/c1-28(2,3)19-12-10-16(11-13-19)25(33)30-21-7-5-4-6-20(21)29-22(32)15-31-26(34)23-17-8-9-18(14-17)24(23)27(31)35/h4-13,17-18,23-24H,14-15H2,1-3H3,(H,29,32)(H,30,33). The molecule has 7 heteroatoms. The van der Waals surface area contributed by atoms with Gasteiger partial charge in [0.15, 0.2) is 0 Å². The number of benzene rings is 2. The van der Waals surface area contributed by atoms with Crippen molar-refractivity contribution in [3.63, 3.8) is 0 Å². The highest BCUT2D eigenvalue weighted by atomic mass is 16.2. The van der Waals surface area contributed by atoms with E-state index in [2.05, 4.69) is 31.4 Å². The molecule has 35 heavy (non-hydrogen) atoms. The maximum Gasteiger partial charge on any atom is 0.255 e. The third-order valence-corrected chi connectivity index (χ3v) is 7.33. The summed E-state index contributed by atoms with van der Waals surface area (Å²) in [5, 5.41) is 5.60. The Morgan fingerprint density at radius 1 is 0.857 bits per heavy atom. The highest BCUT2D eigenvalue weighted by Gasteiger charge is 2.59. The first-order chi connectivity index (χ1) is 16.6. The Morgan fingerprint density at radius 2 is 1.40 bits per heavy atom. The Labute approximate surface area is 204 Å². The third kappa shape index (κ3) is 4.16. The van der Waals surface area contributed by atoms with Gasteiger partial charge in [0, 0.05) is 5.56 Å². The number of para-hydroxylation sites is 2. The van der Waals surface area contributed by atoms with E-state index >= 15 is 0 Å². The molecule has 5 rings (SSSR count). The van der Waals surface area contributed by atoms with Crippen molar-refractivity contribution in [3.05, 3.63) is 71.8 Å². The van der Waals surface area contributed by atoms with Gasteiger partial charge in [0.1, 0.15) is 6.54 Å². The van der Waals surface area contributed by atoms with Crippen molar-refractivity contribution in [2.24, 2.45) is 23.7 Å². The van der Waals surface area contributed by atoms with E-state index in [4.69, 9.17) is 0 Å². The topological polar surface area (TPSA) is 95.6 Å². The van der Waals surface area contributed by atoms with Crippen LogP contribution in [0.1, 0.15) is 43.1 Å². The number of carbonyl (C=O) groups excluding carboxylic acids is 4. The fraction of sp³-hybridized carbons (Fsp3) is 0.357. The number of hydrogen-bond acceptors (Lipinski definition) is 4. The van der Waals surface area contributed by atoms with E-state index in [0.717, 1.165) is 16.9 Å². The predicted octanol–water partition coefficient (Wildman–Crippen LogP) is 3.98. The van der Waals surface area contributed by atoms with Gasteiger partial charge in [0.25, 0.3) is 5.91 Å². The minimum absolute atomic E-state index is 0.0152. The third-order valence-electron chi connectivity index (χ3n) is 7.33. The second-order valence-corrected chi connectivity index (χ2v) is 10.6. The van der Waals surface area contributed by atoms with Gasteiger partial charge in [0.05, 0.1) is 23.2 Å². The summed E-state index contributed by atoms with van der Waals surface area (Å²) in [6.07, 6.45) is 4.89. The maximum atomic E-state index is 12.9. The van der Waals surface area contributed by atoms with Crippen LogP contribution in [0.3, 0.4) is 0 Å². The molecular weight excluding hydrogens is 442 g/mol. The minimum Gasteiger partial charge on any atom is -0.323 e. The van der Waals surface area contributed by atoms with Gasteiger partial charge in [-0.15, -0.1) is 0 Å². The normalized spacial score (nSPS) is 24.6. The lowest BCUT2D eigenvalue weighted by Crippen LogP contribution is -2.39. The van der Waals surface area contributed by atoms with Crippen LogP contribution in [0, 0.1) is 23.7 Å². The van der Waals surface area contributed by atoms with Crippen molar-refractivity contribution >= 4 is 35.0 Å². The summed E-state index contributed by atoms with van der Waals surface area (Å²) in [6, 6.07) is 14.3. The van der Waals surface area contributed by atoms with Gasteiger partial charge >= 0.3 is 0 Å². The molecule has 2 aromatic carbocycles. The summed E-state index contributed by atoms with van der Waals surface area (Å²) in [4.78, 5) is 52.5. The zero-order chi connectivity index (χ0) is 24.9. The second-order valence-electron chi connectivity index (χ2n) is 10.6. The van der Waals surface area contributed by atoms with Crippen LogP contribution >= 0.6 is 0 Å². The van der Waals surface area contributed by atoms with Crippen LogP contribution in [0.4, 0.5) is 11.4 Å². The number of likely N-dealkylation sites (tertiary alicyclic amines) is 1. The first-order valence-corrected chi connectivity index (χ1v) is 12.0. The van der Waals surface area contributed by atoms with Gasteiger partial charge in [0.2, 0.25) is 17.7 Å². The Bertz CT molecular complexity index is 1210. The zero-order valence-corrected chi connectivity index (χ0v) is 20.1. The average Bonchev–Trinajstić information content (AvgIpc) is 3.50. The fourth-order valence-electron chi connectivity index (χ4n) is 5.47. The molecule has 4 amide bonds. The number of rotatable bonds is 5. The molecule has 2 bridgehead atoms. The lowest BCUT2D eigenvalue weighted by atomic mass is 9.85. The molecule has 2 N–H and O–H groups in total. The molecular formula is C28H29N3O4. The van der Waals surface area contributed by atoms with Crippen LogP contribution in [-0.4, -0.2) is 35.1 Å². The molecule has 1 aliphatic heterocycles. The summed E-state index contributed by atoms with van der Waals surface area (Å²) < 4.78 is 0. The van der Waals surface area contributed by atoms with E-state index in [0.29, 0.717) is 16.9 Å². The van der Waals surface area contributed by atoms with E-state index in [9.17, 15) is 19.2 Å². The molecule has 180 valence electrons. The van der Waals surface area contributed by atoms with Gasteiger partial charge in [-0.2, -0.15) is 0 Å². The van der Waals surface area contributed by atoms with E-state index in [-0.39, 0.29) is 53.4 Å². The van der Waals surface area contributed by atoms with Crippen molar-refractivity contribution in [1.82, 2.24) is 4.90 Å². The number of carbonyl (C=O) groups is 4. The van der Waals surface area contributed by atoms with Crippen LogP contribution in [0.5, 0.6) is 0 Å². The zero-order valence-electron chi connectivity index (χ0n) is 20.1. The Kier molecular flexibility index (Phi) is 5.58. The van der Waals surface area contributed by atoms with Crippen molar-refractivity contribution in [1.29, 1.82) is 0 Å². The summed E-state index contributed by atoms with van der Waals surface area (Å²) >= 11 is 0. The number of amides is 4. The van der Waals surface area contributed by atoms with Crippen molar-refractivity contribution in [2.75, 3.05) is 17.2 Å². The van der Waals surface area contributed by atoms with Crippen LogP contribution in [0.25, 0.3) is 0 Å². The Hall–Kier alpha value is -3.74. The Morgan fingerprint density at radius 3 is 1.94 bits per heavy atom. The number of anilines is 2. The average molecular weight is 472 g/mol. The van der Waals surface area contributed by atoms with Gasteiger partial charge in [-0.25, -0.2) is 0 Å². The molecule has 0 aromatic heterocycles. The van der Waals surface area contributed by atoms with Crippen LogP contribution < -0.4 is 10.6 Å². The van der Waals surface area contributed by atoms with E-state index in [1.54, 1.807) is 36.4 Å². The summed E-state index contributed by atoms with van der Waals surface area (Å²) in [5.41, 5.74) is 2.45. The van der Waals surface area contributed by atoms with Gasteiger partial charge in [-0.1, -0.05) is 57.2 Å². The van der Waals surface area contributed by atoms with Gasteiger partial charge in [-0.05, 0) is 53.5 Å². The first kappa shape index (κ1) is 23.0. The lowest BCUT2D eigenvalue weighted by Gasteiger charge is -2.19. The van der Waals surface area contributed by atoms with E-state index in [1.807, 2.05) is 24.3 Å². The number of fused-ring (bicyclic) bond motifs is 5. The van der Waals surface area contributed by atoms with Gasteiger partial charge in [-0.3, -0.25) is 24.1 Å². The van der Waals surface area contributed by atoms with E-state index in [1.165, 1.54) is 0 Å². The first-order valence-electron chi connectivity index (χ1n) is 12.0. The molecule has 2 aliphatic carbocycles. The smallest absolute Gasteiger partial charge is 0.255 e. The van der Waals surface area contributed by atoms with Crippen molar-refractivity contribution in [2.45, 2.75) is 32.6 Å². The van der Waals surface area contributed by atoms with Gasteiger partial charge < -0.3 is 10.6 Å². The molecule has 1 saturated carbocycles. The molecule has 3 aliphatic rings. The maximum absolute atomic E-state index is 12.9. The molecule has 2 aromatic rings. The number of nitrogens with zero attached hydrogens (tertiary/aromatic N) is 1. The van der Waals surface area contributed by atoms with Crippen LogP contribution in [-0.2, 0) is 19.8 Å². The second kappa shape index (κ2) is 8.48. The lowest BCUT2D eigenvalue weighted by molar-refractivity contribution is -0.143. The number of imide groups is 1. The predicted molar refractivity (Wildman–Crippen MR) is 133 cm³/mol. The van der Waals surface area contributed by atoms with E-state index < -0.39 is 5.91 Å². The molecule has 1 saturated heterocycles. The fourth-order valence-corrected chi connectivity index (χ4v) is 5.47. The summed E-state index contributed by atoms with van der Waals surface area (Å²) in [6.45, 7) is 5.99. The monoisotopic (exact) mass is 471 g/mol. The highest BCUT2D eigenvalue weighted by molar-refractivity contribution is 6.11. The number of nitrogens with one attached hydrogen (secondary N) is 2. The Balaban J connectivity index is 1.25. The summed E-state index contributed by atoms with van der Waals surface area (Å²) in [5.74, 6) is -1.76. The largest absolute Gasteiger partial charge is 0.323 e. The molecule has 1 heterocycles. The quantitative estimate of drug-likeness (QED) is 0.509. The molecule has 0 spiro atoms. The summed E-state index contributed by atoms with van der Waals surface area (Å²) in [7, 11) is 0. The molecule has 4 unspecified atom stereocenters. The molecule has 2 fully saturated rings. The molecule has 7 nitrogen and oxygen atoms in total. The molecule has 0 radical (unpaired) electrons. The highest BCUT2D eigenvalue weighted by Crippen LogP contribution is 2.52. The number of allylic oxidation sites excluding steroid dienone is 2. The minimum atomic E-state index is -0.483. The van der Waals surface area contributed by atoms with Crippen molar-refractivity contribution < 1.29 is 19.2 Å². The van der Waals surface area contributed by atoms with Crippen molar-refractivity contribution in [3.8, 4) is 0 Å². The SMILES string of the molecule is CC(C)(C)c1ccc(C(=O)Nc2ccccc2NC(=O)CN2C(=O)C3C4C=CC(C4)C3C2=O)cc1.